The maximum absolute atomic E-state index is 6.29. The monoisotopic (exact) mass is 540 g/mol. The largest absolute Gasteiger partial charge is 0.357 e. The predicted octanol–water partition coefficient (Wildman–Crippen LogP) is 2.77. The maximum Gasteiger partial charge on any atom is 0.191 e. The highest BCUT2D eigenvalue weighted by atomic mass is 127. The summed E-state index contributed by atoms with van der Waals surface area (Å²) in [5, 5.41) is 16.0. The zero-order chi connectivity index (χ0) is 20.1. The molecule has 0 aliphatic carbocycles. The van der Waals surface area contributed by atoms with Gasteiger partial charge >= 0.3 is 0 Å². The molecule has 4 rings (SSSR count). The minimum atomic E-state index is 0. The Hall–Kier alpha value is -2.14. The number of nitrogens with zero attached hydrogens (tertiary/aromatic N) is 6. The molecule has 0 amide bonds. The second-order valence-electron chi connectivity index (χ2n) is 6.94. The van der Waals surface area contributed by atoms with E-state index in [0.29, 0.717) is 17.6 Å². The molecule has 1 fully saturated rings. The van der Waals surface area contributed by atoms with E-state index >= 15 is 0 Å². The van der Waals surface area contributed by atoms with Crippen molar-refractivity contribution < 1.29 is 0 Å². The molecule has 0 bridgehead atoms. The lowest BCUT2D eigenvalue weighted by atomic mass is 10.3. The Kier molecular flexibility index (Phi) is 8.08. The van der Waals surface area contributed by atoms with Crippen LogP contribution in [0.15, 0.2) is 47.7 Å². The van der Waals surface area contributed by atoms with Gasteiger partial charge in [-0.2, -0.15) is 0 Å². The van der Waals surface area contributed by atoms with Gasteiger partial charge in [0.1, 0.15) is 11.6 Å². The van der Waals surface area contributed by atoms with Gasteiger partial charge in [-0.05, 0) is 37.6 Å². The van der Waals surface area contributed by atoms with Gasteiger partial charge < -0.3 is 15.5 Å². The first kappa shape index (κ1) is 22.5. The van der Waals surface area contributed by atoms with Gasteiger partial charge in [0.15, 0.2) is 11.6 Å². The summed E-state index contributed by atoms with van der Waals surface area (Å²) in [7, 11) is 0. The van der Waals surface area contributed by atoms with Crippen molar-refractivity contribution in [2.45, 2.75) is 25.8 Å². The van der Waals surface area contributed by atoms with Crippen LogP contribution >= 0.6 is 35.6 Å². The van der Waals surface area contributed by atoms with E-state index in [1.54, 1.807) is 6.20 Å². The summed E-state index contributed by atoms with van der Waals surface area (Å²) in [4.78, 5) is 11.4. The van der Waals surface area contributed by atoms with Gasteiger partial charge in [-0.25, -0.2) is 4.98 Å². The topological polar surface area (TPSA) is 82.7 Å². The summed E-state index contributed by atoms with van der Waals surface area (Å²) in [5.74, 6) is 2.58. The SMILES string of the molecule is CCNC(=NCCc1nnc2ccccn12)NC1CCN(c2ncccc2Cl)C1.I. The molecule has 10 heteroatoms. The third-order valence-electron chi connectivity index (χ3n) is 4.90. The van der Waals surface area contributed by atoms with Crippen molar-refractivity contribution >= 4 is 53.0 Å². The summed E-state index contributed by atoms with van der Waals surface area (Å²) in [5.41, 5.74) is 0.857. The molecule has 160 valence electrons. The summed E-state index contributed by atoms with van der Waals surface area (Å²) in [6.07, 6.45) is 5.49. The Morgan fingerprint density at radius 3 is 3.00 bits per heavy atom. The minimum absolute atomic E-state index is 0. The van der Waals surface area contributed by atoms with Crippen LogP contribution < -0.4 is 15.5 Å². The van der Waals surface area contributed by atoms with Crippen molar-refractivity contribution in [1.82, 2.24) is 30.2 Å². The van der Waals surface area contributed by atoms with Crippen LogP contribution in [0.3, 0.4) is 0 Å². The number of hydrogen-bond acceptors (Lipinski definition) is 5. The fourth-order valence-electron chi connectivity index (χ4n) is 3.52. The van der Waals surface area contributed by atoms with E-state index in [1.165, 1.54) is 0 Å². The lowest BCUT2D eigenvalue weighted by Gasteiger charge is -2.20. The molecule has 0 aromatic carbocycles. The molecule has 1 saturated heterocycles. The molecule has 1 aliphatic heterocycles. The molecule has 4 heterocycles. The van der Waals surface area contributed by atoms with Gasteiger partial charge in [0.2, 0.25) is 0 Å². The van der Waals surface area contributed by atoms with Gasteiger partial charge in [-0.3, -0.25) is 9.39 Å². The first-order valence-corrected chi connectivity index (χ1v) is 10.3. The molecule has 3 aromatic rings. The Morgan fingerprint density at radius 1 is 1.27 bits per heavy atom. The number of hydrogen-bond donors (Lipinski definition) is 2. The van der Waals surface area contributed by atoms with Crippen LogP contribution in [0.5, 0.6) is 0 Å². The lowest BCUT2D eigenvalue weighted by Crippen LogP contribution is -2.44. The zero-order valence-electron chi connectivity index (χ0n) is 16.8. The van der Waals surface area contributed by atoms with Crippen LogP contribution in [0, 0.1) is 0 Å². The number of aliphatic imine (C=N–C) groups is 1. The van der Waals surface area contributed by atoms with Crippen LogP contribution in [0.2, 0.25) is 5.02 Å². The molecular weight excluding hydrogens is 515 g/mol. The van der Waals surface area contributed by atoms with E-state index in [0.717, 1.165) is 55.7 Å². The van der Waals surface area contributed by atoms with Gasteiger partial charge in [-0.15, -0.1) is 34.2 Å². The fraction of sp³-hybridized carbons (Fsp3) is 0.400. The Morgan fingerprint density at radius 2 is 2.17 bits per heavy atom. The average Bonchev–Trinajstić information content (AvgIpc) is 3.36. The molecule has 3 aromatic heterocycles. The molecule has 1 atom stereocenters. The number of anilines is 1. The molecule has 0 spiro atoms. The second-order valence-corrected chi connectivity index (χ2v) is 7.35. The molecule has 2 N–H and O–H groups in total. The van der Waals surface area contributed by atoms with E-state index in [1.807, 2.05) is 40.9 Å². The highest BCUT2D eigenvalue weighted by molar-refractivity contribution is 14.0. The van der Waals surface area contributed by atoms with Crippen molar-refractivity contribution in [2.75, 3.05) is 31.1 Å². The van der Waals surface area contributed by atoms with Gasteiger partial charge in [0.05, 0.1) is 5.02 Å². The van der Waals surface area contributed by atoms with Crippen LogP contribution in [-0.2, 0) is 6.42 Å². The first-order chi connectivity index (χ1) is 14.2. The third kappa shape index (κ3) is 5.31. The Labute approximate surface area is 198 Å². The molecule has 1 unspecified atom stereocenters. The zero-order valence-corrected chi connectivity index (χ0v) is 19.9. The smallest absolute Gasteiger partial charge is 0.191 e. The van der Waals surface area contributed by atoms with Crippen LogP contribution in [0.25, 0.3) is 5.65 Å². The number of guanidine groups is 1. The summed E-state index contributed by atoms with van der Waals surface area (Å²) >= 11 is 6.29. The van der Waals surface area contributed by atoms with E-state index in [-0.39, 0.29) is 24.0 Å². The molecule has 0 saturated carbocycles. The number of halogens is 2. The normalized spacial score (nSPS) is 16.5. The van der Waals surface area contributed by atoms with Gasteiger partial charge in [-0.1, -0.05) is 17.7 Å². The van der Waals surface area contributed by atoms with Crippen molar-refractivity contribution in [3.63, 3.8) is 0 Å². The van der Waals surface area contributed by atoms with Crippen LogP contribution in [0.1, 0.15) is 19.2 Å². The van der Waals surface area contributed by atoms with Crippen LogP contribution in [-0.4, -0.2) is 57.8 Å². The predicted molar refractivity (Wildman–Crippen MR) is 131 cm³/mol. The van der Waals surface area contributed by atoms with Gasteiger partial charge in [0.25, 0.3) is 0 Å². The van der Waals surface area contributed by atoms with Crippen molar-refractivity contribution in [3.8, 4) is 0 Å². The number of nitrogens with one attached hydrogen (secondary N) is 2. The average molecular weight is 541 g/mol. The van der Waals surface area contributed by atoms with E-state index in [2.05, 4.69) is 37.6 Å². The Bertz CT molecular complexity index is 992. The van der Waals surface area contributed by atoms with Crippen molar-refractivity contribution in [2.24, 2.45) is 4.99 Å². The fourth-order valence-corrected chi connectivity index (χ4v) is 3.76. The maximum atomic E-state index is 6.29. The molecule has 30 heavy (non-hydrogen) atoms. The standard InChI is InChI=1S/C20H25ClN8.HI/c1-2-22-20(24-11-8-18-27-26-17-7-3-4-12-29(17)18)25-15-9-13-28(14-15)19-16(21)6-5-10-23-19;/h3-7,10,12,15H,2,8-9,11,13-14H2,1H3,(H2,22,24,25);1H. The lowest BCUT2D eigenvalue weighted by molar-refractivity contribution is 0.648. The van der Waals surface area contributed by atoms with Gasteiger partial charge in [0, 0.05) is 51.0 Å². The van der Waals surface area contributed by atoms with E-state index < -0.39 is 0 Å². The number of aromatic nitrogens is 4. The second kappa shape index (κ2) is 10.8. The minimum Gasteiger partial charge on any atom is -0.357 e. The number of pyridine rings is 2. The van der Waals surface area contributed by atoms with Crippen molar-refractivity contribution in [3.05, 3.63) is 53.6 Å². The van der Waals surface area contributed by atoms with Crippen molar-refractivity contribution in [1.29, 1.82) is 0 Å². The summed E-state index contributed by atoms with van der Waals surface area (Å²) in [6.45, 7) is 5.27. The summed E-state index contributed by atoms with van der Waals surface area (Å²) < 4.78 is 2.00. The quantitative estimate of drug-likeness (QED) is 0.284. The summed E-state index contributed by atoms with van der Waals surface area (Å²) in [6, 6.07) is 9.91. The number of rotatable bonds is 6. The molecular formula is C20H26ClIN8. The molecule has 1 aliphatic rings. The van der Waals surface area contributed by atoms with E-state index in [9.17, 15) is 0 Å². The number of fused-ring (bicyclic) bond motifs is 1. The Balaban J connectivity index is 0.00000256. The third-order valence-corrected chi connectivity index (χ3v) is 5.20. The van der Waals surface area contributed by atoms with Crippen LogP contribution in [0.4, 0.5) is 5.82 Å². The molecule has 0 radical (unpaired) electrons. The van der Waals surface area contributed by atoms with E-state index in [4.69, 9.17) is 16.6 Å². The first-order valence-electron chi connectivity index (χ1n) is 9.93. The molecule has 8 nitrogen and oxygen atoms in total. The highest BCUT2D eigenvalue weighted by Gasteiger charge is 2.25. The highest BCUT2D eigenvalue weighted by Crippen LogP contribution is 2.25.